The number of aliphatic hydroxyl groups excluding tert-OH is 1. The molecule has 1 unspecified atom stereocenters. The minimum absolute atomic E-state index is 0.450. The number of aryl methyl sites for hydroxylation is 3. The summed E-state index contributed by atoms with van der Waals surface area (Å²) < 4.78 is 0. The van der Waals surface area contributed by atoms with E-state index in [9.17, 15) is 5.26 Å². The Balaban J connectivity index is 0.000000303. The normalized spacial score (nSPS) is 11.9. The van der Waals surface area contributed by atoms with Gasteiger partial charge in [-0.05, 0) is 61.1 Å². The van der Waals surface area contributed by atoms with Crippen LogP contribution in [0.5, 0.6) is 0 Å². The lowest BCUT2D eigenvalue weighted by atomic mass is 9.91. The zero-order valence-corrected chi connectivity index (χ0v) is 19.6. The van der Waals surface area contributed by atoms with Crippen molar-refractivity contribution in [3.8, 4) is 6.07 Å². The second-order valence-electron chi connectivity index (χ2n) is 7.57. The van der Waals surface area contributed by atoms with Crippen molar-refractivity contribution in [2.75, 3.05) is 5.73 Å². The predicted molar refractivity (Wildman–Crippen MR) is 132 cm³/mol. The van der Waals surface area contributed by atoms with E-state index in [0.29, 0.717) is 16.3 Å². The number of hydrogen-bond acceptors (Lipinski definition) is 5. The van der Waals surface area contributed by atoms with Crippen molar-refractivity contribution in [1.82, 2.24) is 4.98 Å². The summed E-state index contributed by atoms with van der Waals surface area (Å²) in [6.07, 6.45) is 5.33. The number of pyridine rings is 1. The molecule has 0 aliphatic heterocycles. The number of hydrogen-bond donors (Lipinski definition) is 3. The summed E-state index contributed by atoms with van der Waals surface area (Å²) in [4.78, 5) is 4.15. The van der Waals surface area contributed by atoms with Crippen LogP contribution in [-0.4, -0.2) is 10.1 Å². The lowest BCUT2D eigenvalue weighted by Crippen LogP contribution is -2.07. The van der Waals surface area contributed by atoms with E-state index in [-0.39, 0.29) is 0 Å². The van der Waals surface area contributed by atoms with Gasteiger partial charge in [0.05, 0.1) is 28.5 Å². The van der Waals surface area contributed by atoms with Crippen LogP contribution < -0.4 is 11.5 Å². The van der Waals surface area contributed by atoms with Gasteiger partial charge in [-0.2, -0.15) is 5.26 Å². The number of anilines is 1. The maximum Gasteiger partial charge on any atom is 0.128 e. The topological polar surface area (TPSA) is 109 Å². The van der Waals surface area contributed by atoms with Gasteiger partial charge in [0.1, 0.15) is 6.23 Å². The summed E-state index contributed by atoms with van der Waals surface area (Å²) >= 11 is 6.36. The number of aromatic nitrogens is 1. The average Bonchev–Trinajstić information content (AvgIpc) is 2.75. The predicted octanol–water partition coefficient (Wildman–Crippen LogP) is 5.59. The summed E-state index contributed by atoms with van der Waals surface area (Å²) in [5, 5.41) is 18.7. The minimum Gasteiger partial charge on any atom is -0.396 e. The largest absolute Gasteiger partial charge is 0.396 e. The van der Waals surface area contributed by atoms with Crippen LogP contribution in [0.25, 0.3) is 5.57 Å². The molecule has 0 aliphatic carbocycles. The van der Waals surface area contributed by atoms with Gasteiger partial charge in [-0.25, -0.2) is 0 Å². The second kappa shape index (κ2) is 11.4. The molecule has 0 amide bonds. The lowest BCUT2D eigenvalue weighted by molar-refractivity contribution is 0.186. The van der Waals surface area contributed by atoms with Crippen LogP contribution in [0.15, 0.2) is 54.9 Å². The highest BCUT2D eigenvalue weighted by molar-refractivity contribution is 6.35. The zero-order valence-electron chi connectivity index (χ0n) is 18.9. The molecular weight excluding hydrogens is 420 g/mol. The third-order valence-electron chi connectivity index (χ3n) is 5.01. The maximum atomic E-state index is 9.29. The quantitative estimate of drug-likeness (QED) is 0.450. The first-order valence-electron chi connectivity index (χ1n) is 10.3. The average molecular weight is 449 g/mol. The molecule has 2 aromatic carbocycles. The number of nitrogens with zero attached hydrogens (tertiary/aromatic N) is 2. The Morgan fingerprint density at radius 3 is 2.34 bits per heavy atom. The van der Waals surface area contributed by atoms with Gasteiger partial charge in [0.25, 0.3) is 0 Å². The third-order valence-corrected chi connectivity index (χ3v) is 5.43. The van der Waals surface area contributed by atoms with Crippen LogP contribution in [0.3, 0.4) is 0 Å². The highest BCUT2D eigenvalue weighted by atomic mass is 35.5. The van der Waals surface area contributed by atoms with E-state index in [4.69, 9.17) is 28.2 Å². The molecular formula is C26H29ClN4O. The summed E-state index contributed by atoms with van der Waals surface area (Å²) in [5.41, 5.74) is 18.9. The van der Waals surface area contributed by atoms with Gasteiger partial charge in [0.2, 0.25) is 0 Å². The third kappa shape index (κ3) is 6.18. The molecule has 3 rings (SSSR count). The monoisotopic (exact) mass is 448 g/mol. The summed E-state index contributed by atoms with van der Waals surface area (Å²) in [6.45, 7) is 8.02. The summed E-state index contributed by atoms with van der Waals surface area (Å²) in [5.74, 6) is 0. The van der Waals surface area contributed by atoms with Gasteiger partial charge in [-0.15, -0.1) is 0 Å². The number of allylic oxidation sites excluding steroid dienone is 1. The molecule has 1 heterocycles. The van der Waals surface area contributed by atoms with Crippen LogP contribution in [0, 0.1) is 32.1 Å². The van der Waals surface area contributed by atoms with Gasteiger partial charge >= 0.3 is 0 Å². The molecule has 6 heteroatoms. The number of benzene rings is 2. The van der Waals surface area contributed by atoms with Gasteiger partial charge in [0, 0.05) is 11.8 Å². The highest BCUT2D eigenvalue weighted by Gasteiger charge is 2.15. The van der Waals surface area contributed by atoms with Crippen molar-refractivity contribution < 1.29 is 5.11 Å². The number of aliphatic hydroxyl groups is 1. The molecule has 0 fully saturated rings. The lowest BCUT2D eigenvalue weighted by Gasteiger charge is -2.15. The van der Waals surface area contributed by atoms with E-state index < -0.39 is 6.23 Å². The Labute approximate surface area is 195 Å². The fourth-order valence-corrected chi connectivity index (χ4v) is 3.44. The fourth-order valence-electron chi connectivity index (χ4n) is 3.24. The van der Waals surface area contributed by atoms with E-state index >= 15 is 0 Å². The van der Waals surface area contributed by atoms with Crippen molar-refractivity contribution in [3.05, 3.63) is 98.8 Å². The van der Waals surface area contributed by atoms with Crippen LogP contribution in [0.1, 0.15) is 58.5 Å². The second-order valence-corrected chi connectivity index (χ2v) is 7.94. The molecule has 0 saturated carbocycles. The molecule has 0 bridgehead atoms. The Morgan fingerprint density at radius 2 is 1.78 bits per heavy atom. The van der Waals surface area contributed by atoms with Crippen LogP contribution in [-0.2, 0) is 0 Å². The van der Waals surface area contributed by atoms with Crippen molar-refractivity contribution in [1.29, 1.82) is 5.26 Å². The fraction of sp³-hybridized carbons (Fsp3) is 0.231. The molecule has 0 saturated heterocycles. The van der Waals surface area contributed by atoms with E-state index in [1.54, 1.807) is 6.20 Å². The summed E-state index contributed by atoms with van der Waals surface area (Å²) in [6, 6.07) is 13.6. The van der Waals surface area contributed by atoms with Crippen molar-refractivity contribution in [2.45, 2.75) is 40.3 Å². The number of nitrogens with two attached hydrogens (primary N) is 2. The standard InChI is InChI=1S/C18H18ClN3.C8H11NO/c1-4-5-14(16-9-22-10-17(21)18(16)19)15-7-13(8-20)11(2)6-12(15)3;1-6-2-4-7(5-3-6)8(9)10/h5-7,9-10H,4,21H2,1-3H3;2-5,8,10H,9H2,1H3/b14-5+;. The highest BCUT2D eigenvalue weighted by Crippen LogP contribution is 2.34. The number of rotatable bonds is 4. The van der Waals surface area contributed by atoms with Crippen molar-refractivity contribution >= 4 is 22.9 Å². The van der Waals surface area contributed by atoms with Crippen molar-refractivity contribution in [3.63, 3.8) is 0 Å². The van der Waals surface area contributed by atoms with E-state index in [0.717, 1.165) is 39.8 Å². The van der Waals surface area contributed by atoms with Gasteiger partial charge < -0.3 is 16.6 Å². The molecule has 32 heavy (non-hydrogen) atoms. The van der Waals surface area contributed by atoms with E-state index in [1.165, 1.54) is 11.8 Å². The Bertz CT molecular complexity index is 1150. The molecule has 0 radical (unpaired) electrons. The Hall–Kier alpha value is -3.17. The van der Waals surface area contributed by atoms with Crippen LogP contribution in [0.2, 0.25) is 5.02 Å². The number of nitriles is 1. The Morgan fingerprint density at radius 1 is 1.12 bits per heavy atom. The Kier molecular flexibility index (Phi) is 8.98. The first kappa shape index (κ1) is 25.1. The molecule has 1 atom stereocenters. The number of halogens is 1. The molecule has 0 aliphatic rings. The molecule has 5 nitrogen and oxygen atoms in total. The SMILES string of the molecule is CC/C=C(\c1cc(C#N)c(C)cc1C)c1cncc(N)c1Cl.Cc1ccc(C(N)O)cc1. The summed E-state index contributed by atoms with van der Waals surface area (Å²) in [7, 11) is 0. The van der Waals surface area contributed by atoms with Crippen LogP contribution in [0.4, 0.5) is 5.69 Å². The number of nitrogen functional groups attached to an aromatic ring is 1. The maximum absolute atomic E-state index is 9.29. The van der Waals surface area contributed by atoms with E-state index in [1.807, 2.05) is 57.2 Å². The van der Waals surface area contributed by atoms with Crippen molar-refractivity contribution in [2.24, 2.45) is 5.73 Å². The van der Waals surface area contributed by atoms with E-state index in [2.05, 4.69) is 24.1 Å². The van der Waals surface area contributed by atoms with Gasteiger partial charge in [-0.1, -0.05) is 60.5 Å². The molecule has 166 valence electrons. The molecule has 5 N–H and O–H groups in total. The minimum atomic E-state index is -0.847. The first-order valence-corrected chi connectivity index (χ1v) is 10.7. The van der Waals surface area contributed by atoms with Crippen LogP contribution >= 0.6 is 11.6 Å². The van der Waals surface area contributed by atoms with Gasteiger partial charge in [-0.3, -0.25) is 4.98 Å². The zero-order chi connectivity index (χ0) is 23.8. The van der Waals surface area contributed by atoms with Gasteiger partial charge in [0.15, 0.2) is 0 Å². The first-order chi connectivity index (χ1) is 15.2. The molecule has 3 aromatic rings. The molecule has 1 aromatic heterocycles. The molecule has 0 spiro atoms. The smallest absolute Gasteiger partial charge is 0.128 e.